The Labute approximate surface area is 120 Å². The first-order valence-corrected chi connectivity index (χ1v) is 6.66. The van der Waals surface area contributed by atoms with E-state index >= 15 is 0 Å². The summed E-state index contributed by atoms with van der Waals surface area (Å²) in [7, 11) is 0. The van der Waals surface area contributed by atoms with Crippen molar-refractivity contribution < 1.29 is 0 Å². The zero-order chi connectivity index (χ0) is 14.8. The Balaban J connectivity index is 0.000000204. The molecule has 2 heteroatoms. The van der Waals surface area contributed by atoms with Crippen LogP contribution in [0.15, 0.2) is 48.5 Å². The van der Waals surface area contributed by atoms with E-state index in [0.29, 0.717) is 0 Å². The van der Waals surface area contributed by atoms with Gasteiger partial charge in [-0.15, -0.1) is 0 Å². The average Bonchev–Trinajstić information content (AvgIpc) is 2.49. The van der Waals surface area contributed by atoms with Crippen LogP contribution in [0.3, 0.4) is 0 Å². The summed E-state index contributed by atoms with van der Waals surface area (Å²) < 4.78 is 0. The summed E-state index contributed by atoms with van der Waals surface area (Å²) >= 11 is 0. The predicted molar refractivity (Wildman–Crippen MR) is 81.0 cm³/mol. The first-order valence-electron chi connectivity index (χ1n) is 6.66. The summed E-state index contributed by atoms with van der Waals surface area (Å²) in [6.45, 7) is 4.08. The Morgan fingerprint density at radius 3 is 2.00 bits per heavy atom. The van der Waals surface area contributed by atoms with Gasteiger partial charge in [-0.2, -0.15) is 10.5 Å². The lowest BCUT2D eigenvalue weighted by Crippen LogP contribution is -1.82. The molecule has 0 aliphatic heterocycles. The van der Waals surface area contributed by atoms with E-state index in [1.165, 1.54) is 5.56 Å². The van der Waals surface area contributed by atoms with Crippen LogP contribution in [-0.2, 0) is 6.42 Å². The lowest BCUT2D eigenvalue weighted by atomic mass is 10.1. The summed E-state index contributed by atoms with van der Waals surface area (Å²) in [5.41, 5.74) is 3.86. The van der Waals surface area contributed by atoms with Gasteiger partial charge in [0.2, 0.25) is 0 Å². The van der Waals surface area contributed by atoms with Crippen LogP contribution in [-0.4, -0.2) is 0 Å². The first kappa shape index (κ1) is 15.5. The van der Waals surface area contributed by atoms with Crippen LogP contribution < -0.4 is 0 Å². The van der Waals surface area contributed by atoms with Gasteiger partial charge in [0.1, 0.15) is 0 Å². The lowest BCUT2D eigenvalue weighted by Gasteiger charge is -1.96. The number of hydrogen-bond acceptors (Lipinski definition) is 2. The minimum atomic E-state index is 0.741. The highest BCUT2D eigenvalue weighted by Gasteiger charge is 1.91. The van der Waals surface area contributed by atoms with Gasteiger partial charge < -0.3 is 0 Å². The summed E-state index contributed by atoms with van der Waals surface area (Å²) in [5.74, 6) is 0. The van der Waals surface area contributed by atoms with E-state index in [9.17, 15) is 0 Å². The molecule has 0 radical (unpaired) electrons. The van der Waals surface area contributed by atoms with Crippen LogP contribution in [0.4, 0.5) is 0 Å². The van der Waals surface area contributed by atoms with Gasteiger partial charge in [-0.1, -0.05) is 43.7 Å². The van der Waals surface area contributed by atoms with Crippen LogP contribution in [0.25, 0.3) is 0 Å². The molecular weight excluding hydrogens is 244 g/mol. The molecule has 0 bridgehead atoms. The van der Waals surface area contributed by atoms with Crippen molar-refractivity contribution in [2.45, 2.75) is 26.7 Å². The second-order valence-electron chi connectivity index (χ2n) is 4.49. The zero-order valence-electron chi connectivity index (χ0n) is 11.9. The van der Waals surface area contributed by atoms with E-state index in [0.717, 1.165) is 29.5 Å². The van der Waals surface area contributed by atoms with E-state index in [2.05, 4.69) is 19.1 Å². The molecule has 0 fully saturated rings. The van der Waals surface area contributed by atoms with Crippen molar-refractivity contribution in [3.63, 3.8) is 0 Å². The predicted octanol–water partition coefficient (Wildman–Crippen LogP) is 4.38. The van der Waals surface area contributed by atoms with Crippen LogP contribution >= 0.6 is 0 Å². The molecule has 2 nitrogen and oxygen atoms in total. The van der Waals surface area contributed by atoms with Crippen molar-refractivity contribution >= 4 is 0 Å². The summed E-state index contributed by atoms with van der Waals surface area (Å²) in [4.78, 5) is 0. The third kappa shape index (κ3) is 4.96. The molecule has 0 amide bonds. The highest BCUT2D eigenvalue weighted by Crippen LogP contribution is 2.05. The molecule has 2 aromatic carbocycles. The minimum absolute atomic E-state index is 0.741. The van der Waals surface area contributed by atoms with Crippen molar-refractivity contribution in [1.82, 2.24) is 0 Å². The van der Waals surface area contributed by atoms with Gasteiger partial charge in [-0.25, -0.2) is 0 Å². The molecule has 0 spiro atoms. The SMILES string of the molecule is CCCc1ccc(C#N)cc1.Cc1ccccc1C#N. The van der Waals surface area contributed by atoms with E-state index in [1.54, 1.807) is 0 Å². The van der Waals surface area contributed by atoms with Gasteiger partial charge >= 0.3 is 0 Å². The molecule has 0 unspecified atom stereocenters. The molecule has 100 valence electrons. The number of benzene rings is 2. The maximum absolute atomic E-state index is 8.51. The normalized spacial score (nSPS) is 8.80. The fraction of sp³-hybridized carbons (Fsp3) is 0.222. The summed E-state index contributed by atoms with van der Waals surface area (Å²) in [6.07, 6.45) is 2.26. The Kier molecular flexibility index (Phi) is 6.59. The third-order valence-corrected chi connectivity index (χ3v) is 2.89. The molecule has 0 aromatic heterocycles. The monoisotopic (exact) mass is 262 g/mol. The van der Waals surface area contributed by atoms with Gasteiger partial charge in [-0.3, -0.25) is 0 Å². The van der Waals surface area contributed by atoms with Gasteiger partial charge in [0.15, 0.2) is 0 Å². The van der Waals surface area contributed by atoms with Crippen molar-refractivity contribution in [1.29, 1.82) is 10.5 Å². The molecule has 0 atom stereocenters. The Morgan fingerprint density at radius 1 is 0.900 bits per heavy atom. The fourth-order valence-corrected chi connectivity index (χ4v) is 1.73. The number of rotatable bonds is 2. The number of aryl methyl sites for hydroxylation is 2. The van der Waals surface area contributed by atoms with Gasteiger partial charge in [0.25, 0.3) is 0 Å². The highest BCUT2D eigenvalue weighted by atomic mass is 14.2. The summed E-state index contributed by atoms with van der Waals surface area (Å²) in [6, 6.07) is 19.5. The highest BCUT2D eigenvalue weighted by molar-refractivity contribution is 5.35. The van der Waals surface area contributed by atoms with Crippen LogP contribution in [0.2, 0.25) is 0 Å². The molecule has 0 N–H and O–H groups in total. The van der Waals surface area contributed by atoms with Crippen LogP contribution in [0, 0.1) is 29.6 Å². The molecule has 0 saturated heterocycles. The molecule has 0 aliphatic rings. The number of nitrogens with zero attached hydrogens (tertiary/aromatic N) is 2. The van der Waals surface area contributed by atoms with E-state index in [-0.39, 0.29) is 0 Å². The van der Waals surface area contributed by atoms with E-state index < -0.39 is 0 Å². The second-order valence-corrected chi connectivity index (χ2v) is 4.49. The first-order chi connectivity index (χ1) is 9.71. The molecule has 20 heavy (non-hydrogen) atoms. The topological polar surface area (TPSA) is 47.6 Å². The Hall–Kier alpha value is -2.58. The van der Waals surface area contributed by atoms with Crippen LogP contribution in [0.5, 0.6) is 0 Å². The fourth-order valence-electron chi connectivity index (χ4n) is 1.73. The van der Waals surface area contributed by atoms with Crippen LogP contribution in [0.1, 0.15) is 35.6 Å². The van der Waals surface area contributed by atoms with Crippen molar-refractivity contribution in [2.75, 3.05) is 0 Å². The van der Waals surface area contributed by atoms with Crippen molar-refractivity contribution in [3.05, 3.63) is 70.8 Å². The standard InChI is InChI=1S/C10H11N.C8H7N/c1-2-3-9-4-6-10(8-11)7-5-9;1-7-4-2-3-5-8(7)6-9/h4-7H,2-3H2,1H3;2-5H,1H3. The maximum Gasteiger partial charge on any atom is 0.0994 e. The second kappa shape index (κ2) is 8.51. The Morgan fingerprint density at radius 2 is 1.55 bits per heavy atom. The molecular formula is C18H18N2. The molecule has 2 aromatic rings. The van der Waals surface area contributed by atoms with Crippen molar-refractivity contribution in [2.24, 2.45) is 0 Å². The lowest BCUT2D eigenvalue weighted by molar-refractivity contribution is 0.922. The molecule has 2 rings (SSSR count). The smallest absolute Gasteiger partial charge is 0.0994 e. The number of hydrogen-bond donors (Lipinski definition) is 0. The van der Waals surface area contributed by atoms with E-state index in [4.69, 9.17) is 10.5 Å². The minimum Gasteiger partial charge on any atom is -0.192 e. The molecule has 0 aliphatic carbocycles. The quantitative estimate of drug-likeness (QED) is 0.806. The Bertz CT molecular complexity index is 613. The molecule has 0 heterocycles. The largest absolute Gasteiger partial charge is 0.192 e. The van der Waals surface area contributed by atoms with E-state index in [1.807, 2.05) is 55.5 Å². The van der Waals surface area contributed by atoms with Crippen molar-refractivity contribution in [3.8, 4) is 12.1 Å². The van der Waals surface area contributed by atoms with Gasteiger partial charge in [0.05, 0.1) is 23.3 Å². The maximum atomic E-state index is 8.51. The number of nitriles is 2. The molecule has 0 saturated carbocycles. The average molecular weight is 262 g/mol. The zero-order valence-corrected chi connectivity index (χ0v) is 11.9. The van der Waals surface area contributed by atoms with Gasteiger partial charge in [-0.05, 0) is 42.7 Å². The third-order valence-electron chi connectivity index (χ3n) is 2.89. The van der Waals surface area contributed by atoms with Gasteiger partial charge in [0, 0.05) is 0 Å². The summed E-state index contributed by atoms with van der Waals surface area (Å²) in [5, 5.41) is 17.0.